The highest BCUT2D eigenvalue weighted by Crippen LogP contribution is 2.29. The maximum Gasteiger partial charge on any atom is 0.132 e. The fourth-order valence-corrected chi connectivity index (χ4v) is 3.33. The van der Waals surface area contributed by atoms with Crippen LogP contribution in [0.4, 0.5) is 5.82 Å². The molecule has 0 atom stereocenters. The van der Waals surface area contributed by atoms with Gasteiger partial charge in [0.15, 0.2) is 0 Å². The van der Waals surface area contributed by atoms with Crippen LogP contribution in [0, 0.1) is 5.92 Å². The van der Waals surface area contributed by atoms with Crippen molar-refractivity contribution in [2.24, 2.45) is 5.92 Å². The average molecular weight is 266 g/mol. The van der Waals surface area contributed by atoms with E-state index in [0.29, 0.717) is 5.38 Å². The number of fused-ring (bicyclic) bond motifs is 1. The molecule has 1 fully saturated rings. The largest absolute Gasteiger partial charge is 0.369 e. The standard InChI is InChI=1S/C14H20ClN3/c15-11-6-4-10(5-7-11)8-16-14-12-2-1-3-13(12)17-9-18-14/h9-11H,1-8H2,(H,16,17,18). The van der Waals surface area contributed by atoms with Gasteiger partial charge in [0.25, 0.3) is 0 Å². The molecule has 1 aromatic heterocycles. The number of nitrogens with zero attached hydrogens (tertiary/aromatic N) is 2. The second-order valence-electron chi connectivity index (χ2n) is 5.50. The minimum atomic E-state index is 0.407. The summed E-state index contributed by atoms with van der Waals surface area (Å²) in [5, 5.41) is 3.94. The van der Waals surface area contributed by atoms with Crippen molar-refractivity contribution in [1.82, 2.24) is 9.97 Å². The third-order valence-electron chi connectivity index (χ3n) is 4.21. The fourth-order valence-electron chi connectivity index (χ4n) is 3.08. The van der Waals surface area contributed by atoms with E-state index in [2.05, 4.69) is 15.3 Å². The van der Waals surface area contributed by atoms with E-state index in [1.807, 2.05) is 0 Å². The molecule has 0 amide bonds. The van der Waals surface area contributed by atoms with Crippen molar-refractivity contribution in [2.75, 3.05) is 11.9 Å². The van der Waals surface area contributed by atoms with E-state index in [0.717, 1.165) is 44.0 Å². The van der Waals surface area contributed by atoms with Crippen molar-refractivity contribution in [1.29, 1.82) is 0 Å². The monoisotopic (exact) mass is 265 g/mol. The zero-order valence-corrected chi connectivity index (χ0v) is 11.4. The third kappa shape index (κ3) is 2.61. The first-order valence-corrected chi connectivity index (χ1v) is 7.47. The Morgan fingerprint density at radius 1 is 1.17 bits per heavy atom. The molecular weight excluding hydrogens is 246 g/mol. The molecule has 0 aromatic carbocycles. The van der Waals surface area contributed by atoms with Crippen LogP contribution in [0.1, 0.15) is 43.4 Å². The van der Waals surface area contributed by atoms with Crippen molar-refractivity contribution in [2.45, 2.75) is 50.3 Å². The van der Waals surface area contributed by atoms with Crippen molar-refractivity contribution >= 4 is 17.4 Å². The van der Waals surface area contributed by atoms with Gasteiger partial charge in [-0.2, -0.15) is 0 Å². The molecule has 2 aliphatic carbocycles. The molecular formula is C14H20ClN3. The summed E-state index contributed by atoms with van der Waals surface area (Å²) in [5.74, 6) is 1.83. The molecule has 18 heavy (non-hydrogen) atoms. The van der Waals surface area contributed by atoms with Crippen molar-refractivity contribution < 1.29 is 0 Å². The van der Waals surface area contributed by atoms with E-state index in [9.17, 15) is 0 Å². The Morgan fingerprint density at radius 3 is 2.83 bits per heavy atom. The molecule has 0 spiro atoms. The Labute approximate surface area is 113 Å². The Hall–Kier alpha value is -0.830. The molecule has 4 heteroatoms. The maximum atomic E-state index is 6.13. The number of hydrogen-bond acceptors (Lipinski definition) is 3. The molecule has 2 aliphatic rings. The number of rotatable bonds is 3. The Bertz CT molecular complexity index is 414. The van der Waals surface area contributed by atoms with Crippen LogP contribution in [0.2, 0.25) is 0 Å². The van der Waals surface area contributed by atoms with E-state index < -0.39 is 0 Å². The molecule has 0 radical (unpaired) electrons. The number of nitrogens with one attached hydrogen (secondary N) is 1. The first-order valence-electron chi connectivity index (χ1n) is 7.03. The predicted octanol–water partition coefficient (Wildman–Crippen LogP) is 3.17. The smallest absolute Gasteiger partial charge is 0.132 e. The van der Waals surface area contributed by atoms with Gasteiger partial charge in [0, 0.05) is 23.2 Å². The molecule has 0 unspecified atom stereocenters. The van der Waals surface area contributed by atoms with Gasteiger partial charge in [0.05, 0.1) is 0 Å². The van der Waals surface area contributed by atoms with Gasteiger partial charge in [-0.15, -0.1) is 11.6 Å². The number of alkyl halides is 1. The van der Waals surface area contributed by atoms with Crippen LogP contribution < -0.4 is 5.32 Å². The van der Waals surface area contributed by atoms with Crippen LogP contribution in [-0.2, 0) is 12.8 Å². The molecule has 3 rings (SSSR count). The minimum absolute atomic E-state index is 0.407. The molecule has 0 aliphatic heterocycles. The van der Waals surface area contributed by atoms with Gasteiger partial charge < -0.3 is 5.32 Å². The highest BCUT2D eigenvalue weighted by atomic mass is 35.5. The fraction of sp³-hybridized carbons (Fsp3) is 0.714. The molecule has 98 valence electrons. The first-order chi connectivity index (χ1) is 8.83. The summed E-state index contributed by atoms with van der Waals surface area (Å²) in [6.45, 7) is 1.03. The lowest BCUT2D eigenvalue weighted by molar-refractivity contribution is 0.377. The van der Waals surface area contributed by atoms with E-state index >= 15 is 0 Å². The van der Waals surface area contributed by atoms with Crippen molar-refractivity contribution in [3.05, 3.63) is 17.6 Å². The summed E-state index contributed by atoms with van der Waals surface area (Å²) in [5.41, 5.74) is 2.60. The maximum absolute atomic E-state index is 6.13. The summed E-state index contributed by atoms with van der Waals surface area (Å²) < 4.78 is 0. The lowest BCUT2D eigenvalue weighted by atomic mass is 9.89. The second kappa shape index (κ2) is 5.43. The zero-order valence-electron chi connectivity index (χ0n) is 10.7. The van der Waals surface area contributed by atoms with Gasteiger partial charge in [-0.05, 0) is 50.9 Å². The van der Waals surface area contributed by atoms with E-state index in [-0.39, 0.29) is 0 Å². The molecule has 1 N–H and O–H groups in total. The van der Waals surface area contributed by atoms with Crippen LogP contribution in [0.15, 0.2) is 6.33 Å². The van der Waals surface area contributed by atoms with Crippen LogP contribution >= 0.6 is 11.6 Å². The van der Waals surface area contributed by atoms with Crippen LogP contribution in [0.3, 0.4) is 0 Å². The minimum Gasteiger partial charge on any atom is -0.369 e. The molecule has 0 saturated heterocycles. The predicted molar refractivity (Wildman–Crippen MR) is 74.1 cm³/mol. The summed E-state index contributed by atoms with van der Waals surface area (Å²) in [6.07, 6.45) is 9.98. The van der Waals surface area contributed by atoms with Gasteiger partial charge in [0.2, 0.25) is 0 Å². The van der Waals surface area contributed by atoms with Gasteiger partial charge in [0.1, 0.15) is 12.1 Å². The van der Waals surface area contributed by atoms with E-state index in [1.54, 1.807) is 6.33 Å². The highest BCUT2D eigenvalue weighted by Gasteiger charge is 2.21. The van der Waals surface area contributed by atoms with Gasteiger partial charge in [-0.1, -0.05) is 0 Å². The summed E-state index contributed by atoms with van der Waals surface area (Å²) in [7, 11) is 0. The lowest BCUT2D eigenvalue weighted by Gasteiger charge is -2.25. The van der Waals surface area contributed by atoms with E-state index in [4.69, 9.17) is 11.6 Å². The molecule has 1 aromatic rings. The summed E-state index contributed by atoms with van der Waals surface area (Å²) >= 11 is 6.13. The number of aromatic nitrogens is 2. The highest BCUT2D eigenvalue weighted by molar-refractivity contribution is 6.20. The number of anilines is 1. The quantitative estimate of drug-likeness (QED) is 0.853. The van der Waals surface area contributed by atoms with Crippen LogP contribution in [0.25, 0.3) is 0 Å². The molecule has 1 saturated carbocycles. The lowest BCUT2D eigenvalue weighted by Crippen LogP contribution is -2.22. The Kier molecular flexibility index (Phi) is 3.69. The first kappa shape index (κ1) is 12.2. The van der Waals surface area contributed by atoms with Crippen molar-refractivity contribution in [3.63, 3.8) is 0 Å². The average Bonchev–Trinajstić information content (AvgIpc) is 2.87. The van der Waals surface area contributed by atoms with Crippen molar-refractivity contribution in [3.8, 4) is 0 Å². The van der Waals surface area contributed by atoms with Gasteiger partial charge >= 0.3 is 0 Å². The molecule has 1 heterocycles. The summed E-state index contributed by atoms with van der Waals surface area (Å²) in [6, 6.07) is 0. The number of aryl methyl sites for hydroxylation is 1. The van der Waals surface area contributed by atoms with Gasteiger partial charge in [-0.25, -0.2) is 9.97 Å². The molecule has 3 nitrogen and oxygen atoms in total. The zero-order chi connectivity index (χ0) is 12.4. The van der Waals surface area contributed by atoms with Crippen LogP contribution in [0.5, 0.6) is 0 Å². The Morgan fingerprint density at radius 2 is 2.00 bits per heavy atom. The topological polar surface area (TPSA) is 37.8 Å². The number of hydrogen-bond donors (Lipinski definition) is 1. The van der Waals surface area contributed by atoms with Crippen LogP contribution in [-0.4, -0.2) is 21.9 Å². The number of halogens is 1. The third-order valence-corrected chi connectivity index (χ3v) is 4.65. The van der Waals surface area contributed by atoms with Gasteiger partial charge in [-0.3, -0.25) is 0 Å². The normalized spacial score (nSPS) is 26.9. The Balaban J connectivity index is 1.59. The summed E-state index contributed by atoms with van der Waals surface area (Å²) in [4.78, 5) is 8.76. The van der Waals surface area contributed by atoms with E-state index in [1.165, 1.54) is 30.5 Å². The molecule has 0 bridgehead atoms. The second-order valence-corrected chi connectivity index (χ2v) is 6.12. The SMILES string of the molecule is ClC1CCC(CNc2ncnc3c2CCC3)CC1.